The Kier molecular flexibility index (Phi) is 4.63. The van der Waals surface area contributed by atoms with E-state index in [2.05, 4.69) is 0 Å². The Morgan fingerprint density at radius 1 is 1.40 bits per heavy atom. The average molecular weight is 227 g/mol. The van der Waals surface area contributed by atoms with Crippen LogP contribution in [0.2, 0.25) is 0 Å². The zero-order chi connectivity index (χ0) is 11.3. The average Bonchev–Trinajstić information content (AvgIpc) is 2.18. The monoisotopic (exact) mass is 226 g/mol. The van der Waals surface area contributed by atoms with Crippen molar-refractivity contribution in [3.63, 3.8) is 0 Å². The Hall–Kier alpha value is -1.02. The van der Waals surface area contributed by atoms with Crippen molar-refractivity contribution in [2.45, 2.75) is 26.1 Å². The number of ether oxygens (including phenoxy) is 1. The molecule has 0 atom stereocenters. The fourth-order valence-electron chi connectivity index (χ4n) is 1.42. The third kappa shape index (κ3) is 3.56. The van der Waals surface area contributed by atoms with Gasteiger partial charge < -0.3 is 4.74 Å². The van der Waals surface area contributed by atoms with E-state index in [9.17, 15) is 4.79 Å². The van der Waals surface area contributed by atoms with E-state index in [1.807, 2.05) is 25.1 Å². The number of carbonyl (C=O) groups is 1. The van der Waals surface area contributed by atoms with Gasteiger partial charge in [0.05, 0.1) is 6.61 Å². The van der Waals surface area contributed by atoms with Crippen molar-refractivity contribution >= 4 is 17.4 Å². The summed E-state index contributed by atoms with van der Waals surface area (Å²) in [6.45, 7) is 4.13. The van der Waals surface area contributed by atoms with E-state index >= 15 is 0 Å². The molecule has 0 fully saturated rings. The molecular weight excluding hydrogens is 212 g/mol. The second-order valence-corrected chi connectivity index (χ2v) is 3.64. The van der Waals surface area contributed by atoms with Crippen LogP contribution in [0.3, 0.4) is 0 Å². The summed E-state index contributed by atoms with van der Waals surface area (Å²) in [7, 11) is 0. The molecule has 0 aliphatic carbocycles. The minimum atomic E-state index is 0.134. The van der Waals surface area contributed by atoms with Gasteiger partial charge in [-0.2, -0.15) is 0 Å². The Morgan fingerprint density at radius 3 is 2.67 bits per heavy atom. The SMILES string of the molecule is CCOc1ccc(CCl)c(CC(C)=O)c1. The first-order chi connectivity index (χ1) is 7.17. The standard InChI is InChI=1S/C12H15ClO2/c1-3-15-12-5-4-10(8-13)11(7-12)6-9(2)14/h4-5,7H,3,6,8H2,1-2H3. The van der Waals surface area contributed by atoms with E-state index in [0.29, 0.717) is 18.9 Å². The first kappa shape index (κ1) is 12.1. The molecular formula is C12H15ClO2. The van der Waals surface area contributed by atoms with Crippen LogP contribution in [-0.2, 0) is 17.1 Å². The lowest BCUT2D eigenvalue weighted by Crippen LogP contribution is -2.01. The van der Waals surface area contributed by atoms with Crippen LogP contribution in [0.1, 0.15) is 25.0 Å². The van der Waals surface area contributed by atoms with E-state index in [1.54, 1.807) is 6.92 Å². The molecule has 0 N–H and O–H groups in total. The van der Waals surface area contributed by atoms with Crippen LogP contribution in [0.4, 0.5) is 0 Å². The molecule has 1 aromatic rings. The van der Waals surface area contributed by atoms with Gasteiger partial charge >= 0.3 is 0 Å². The first-order valence-electron chi connectivity index (χ1n) is 4.97. The van der Waals surface area contributed by atoms with Gasteiger partial charge in [-0.3, -0.25) is 4.79 Å². The number of hydrogen-bond donors (Lipinski definition) is 0. The summed E-state index contributed by atoms with van der Waals surface area (Å²) in [5, 5.41) is 0. The molecule has 0 unspecified atom stereocenters. The maximum absolute atomic E-state index is 11.1. The summed E-state index contributed by atoms with van der Waals surface area (Å²) >= 11 is 5.79. The van der Waals surface area contributed by atoms with Gasteiger partial charge in [-0.15, -0.1) is 11.6 Å². The molecule has 0 saturated carbocycles. The lowest BCUT2D eigenvalue weighted by molar-refractivity contribution is -0.116. The molecule has 1 rings (SSSR count). The second kappa shape index (κ2) is 5.76. The zero-order valence-corrected chi connectivity index (χ0v) is 9.80. The molecule has 0 aliphatic heterocycles. The van der Waals surface area contributed by atoms with Gasteiger partial charge in [0.1, 0.15) is 11.5 Å². The van der Waals surface area contributed by atoms with Crippen LogP contribution < -0.4 is 4.74 Å². The molecule has 1 aromatic carbocycles. The molecule has 0 amide bonds. The molecule has 2 nitrogen and oxygen atoms in total. The van der Waals surface area contributed by atoms with Gasteiger partial charge in [0.15, 0.2) is 0 Å². The van der Waals surface area contributed by atoms with E-state index < -0.39 is 0 Å². The highest BCUT2D eigenvalue weighted by molar-refractivity contribution is 6.17. The van der Waals surface area contributed by atoms with Crippen molar-refractivity contribution in [1.29, 1.82) is 0 Å². The van der Waals surface area contributed by atoms with Gasteiger partial charge in [0.2, 0.25) is 0 Å². The van der Waals surface area contributed by atoms with E-state index in [1.165, 1.54) is 0 Å². The third-order valence-electron chi connectivity index (χ3n) is 2.07. The number of rotatable bonds is 5. The fourth-order valence-corrected chi connectivity index (χ4v) is 1.68. The van der Waals surface area contributed by atoms with E-state index in [0.717, 1.165) is 16.9 Å². The van der Waals surface area contributed by atoms with Crippen molar-refractivity contribution in [2.75, 3.05) is 6.61 Å². The Balaban J connectivity index is 2.96. The minimum Gasteiger partial charge on any atom is -0.494 e. The summed E-state index contributed by atoms with van der Waals surface area (Å²) in [6.07, 6.45) is 0.420. The highest BCUT2D eigenvalue weighted by Crippen LogP contribution is 2.20. The Labute approximate surface area is 95.2 Å². The highest BCUT2D eigenvalue weighted by atomic mass is 35.5. The van der Waals surface area contributed by atoms with Crippen molar-refractivity contribution < 1.29 is 9.53 Å². The van der Waals surface area contributed by atoms with Crippen molar-refractivity contribution in [3.05, 3.63) is 29.3 Å². The third-order valence-corrected chi connectivity index (χ3v) is 2.36. The lowest BCUT2D eigenvalue weighted by atomic mass is 10.0. The Bertz CT molecular complexity index is 347. The van der Waals surface area contributed by atoms with Crippen LogP contribution in [0.15, 0.2) is 18.2 Å². The zero-order valence-electron chi connectivity index (χ0n) is 9.05. The molecule has 0 aliphatic rings. The predicted octanol–water partition coefficient (Wildman–Crippen LogP) is 2.96. The number of halogens is 1. The fraction of sp³-hybridized carbons (Fsp3) is 0.417. The van der Waals surface area contributed by atoms with Crippen molar-refractivity contribution in [3.8, 4) is 5.75 Å². The number of carbonyl (C=O) groups excluding carboxylic acids is 1. The Morgan fingerprint density at radius 2 is 2.13 bits per heavy atom. The lowest BCUT2D eigenvalue weighted by Gasteiger charge is -2.09. The van der Waals surface area contributed by atoms with Crippen LogP contribution in [0, 0.1) is 0 Å². The number of benzene rings is 1. The van der Waals surface area contributed by atoms with Crippen LogP contribution >= 0.6 is 11.6 Å². The van der Waals surface area contributed by atoms with Crippen LogP contribution in [0.25, 0.3) is 0 Å². The van der Waals surface area contributed by atoms with Crippen LogP contribution in [0.5, 0.6) is 5.75 Å². The molecule has 15 heavy (non-hydrogen) atoms. The summed E-state index contributed by atoms with van der Waals surface area (Å²) in [5.74, 6) is 1.35. The summed E-state index contributed by atoms with van der Waals surface area (Å²) < 4.78 is 5.37. The quantitative estimate of drug-likeness (QED) is 0.722. The van der Waals surface area contributed by atoms with Gasteiger partial charge in [-0.25, -0.2) is 0 Å². The first-order valence-corrected chi connectivity index (χ1v) is 5.50. The number of Topliss-reactive ketones (excluding diaryl/α,β-unsaturated/α-hetero) is 1. The summed E-state index contributed by atoms with van der Waals surface area (Å²) in [6, 6.07) is 5.68. The molecule has 3 heteroatoms. The van der Waals surface area contributed by atoms with Gasteiger partial charge in [0, 0.05) is 12.3 Å². The molecule has 0 bridgehead atoms. The normalized spacial score (nSPS) is 10.1. The van der Waals surface area contributed by atoms with Gasteiger partial charge in [-0.1, -0.05) is 6.07 Å². The number of ketones is 1. The minimum absolute atomic E-state index is 0.134. The van der Waals surface area contributed by atoms with Crippen molar-refractivity contribution in [2.24, 2.45) is 0 Å². The number of hydrogen-bond acceptors (Lipinski definition) is 2. The maximum Gasteiger partial charge on any atom is 0.134 e. The largest absolute Gasteiger partial charge is 0.494 e. The topological polar surface area (TPSA) is 26.3 Å². The summed E-state index contributed by atoms with van der Waals surface area (Å²) in [5.41, 5.74) is 1.96. The van der Waals surface area contributed by atoms with Crippen molar-refractivity contribution in [1.82, 2.24) is 0 Å². The molecule has 0 aromatic heterocycles. The van der Waals surface area contributed by atoms with Crippen LogP contribution in [-0.4, -0.2) is 12.4 Å². The second-order valence-electron chi connectivity index (χ2n) is 3.38. The van der Waals surface area contributed by atoms with E-state index in [4.69, 9.17) is 16.3 Å². The summed E-state index contributed by atoms with van der Waals surface area (Å²) in [4.78, 5) is 11.1. The molecule has 0 saturated heterocycles. The van der Waals surface area contributed by atoms with Gasteiger partial charge in [0.25, 0.3) is 0 Å². The highest BCUT2D eigenvalue weighted by Gasteiger charge is 2.06. The number of alkyl halides is 1. The molecule has 0 heterocycles. The maximum atomic E-state index is 11.1. The molecule has 0 radical (unpaired) electrons. The molecule has 0 spiro atoms. The molecule has 82 valence electrons. The van der Waals surface area contributed by atoms with Gasteiger partial charge in [-0.05, 0) is 37.1 Å². The predicted molar refractivity (Wildman–Crippen MR) is 61.6 cm³/mol. The smallest absolute Gasteiger partial charge is 0.134 e. The van der Waals surface area contributed by atoms with E-state index in [-0.39, 0.29) is 5.78 Å².